The lowest BCUT2D eigenvalue weighted by Gasteiger charge is -2.15. The highest BCUT2D eigenvalue weighted by Gasteiger charge is 2.47. The molecule has 2 aliphatic rings. The van der Waals surface area contributed by atoms with E-state index in [9.17, 15) is 9.59 Å². The zero-order chi connectivity index (χ0) is 18.4. The SMILES string of the molecule is O=C1CCn2c(C3CC3C(=O)NCCc3cccnc3)nc3cccc1c32. The molecule has 1 N–H and O–H groups in total. The second-order valence-corrected chi connectivity index (χ2v) is 7.32. The molecule has 1 fully saturated rings. The molecule has 1 aliphatic heterocycles. The normalized spacial score (nSPS) is 20.7. The van der Waals surface area contributed by atoms with Gasteiger partial charge in [-0.3, -0.25) is 14.6 Å². The number of nitrogens with one attached hydrogen (secondary N) is 1. The number of Topliss-reactive ketones (excluding diaryl/α,β-unsaturated/α-hetero) is 1. The van der Waals surface area contributed by atoms with Crippen LogP contribution in [-0.2, 0) is 17.8 Å². The maximum atomic E-state index is 12.5. The van der Waals surface area contributed by atoms with E-state index in [1.807, 2.05) is 36.5 Å². The fourth-order valence-electron chi connectivity index (χ4n) is 4.06. The average molecular weight is 360 g/mol. The summed E-state index contributed by atoms with van der Waals surface area (Å²) in [4.78, 5) is 33.5. The molecule has 2 unspecified atom stereocenters. The van der Waals surface area contributed by atoms with E-state index < -0.39 is 0 Å². The molecule has 2 atom stereocenters. The van der Waals surface area contributed by atoms with Gasteiger partial charge in [0.25, 0.3) is 0 Å². The van der Waals surface area contributed by atoms with E-state index >= 15 is 0 Å². The predicted molar refractivity (Wildman–Crippen MR) is 100 cm³/mol. The van der Waals surface area contributed by atoms with Crippen LogP contribution in [0.3, 0.4) is 0 Å². The molecule has 3 aromatic rings. The van der Waals surface area contributed by atoms with Gasteiger partial charge in [0.15, 0.2) is 5.78 Å². The predicted octanol–water partition coefficient (Wildman–Crippen LogP) is 2.48. The molecule has 2 aromatic heterocycles. The Kier molecular flexibility index (Phi) is 3.77. The second kappa shape index (κ2) is 6.30. The van der Waals surface area contributed by atoms with Crippen LogP contribution in [0.5, 0.6) is 0 Å². The first-order valence-electron chi connectivity index (χ1n) is 9.41. The van der Waals surface area contributed by atoms with Gasteiger partial charge >= 0.3 is 0 Å². The summed E-state index contributed by atoms with van der Waals surface area (Å²) < 4.78 is 2.15. The number of carbonyl (C=O) groups excluding carboxylic acids is 2. The van der Waals surface area contributed by atoms with Crippen molar-refractivity contribution in [2.24, 2.45) is 5.92 Å². The Morgan fingerprint density at radius 2 is 2.19 bits per heavy atom. The summed E-state index contributed by atoms with van der Waals surface area (Å²) >= 11 is 0. The Hall–Kier alpha value is -3.02. The topological polar surface area (TPSA) is 76.9 Å². The summed E-state index contributed by atoms with van der Waals surface area (Å²) in [5, 5.41) is 3.04. The minimum atomic E-state index is -0.0203. The lowest BCUT2D eigenvalue weighted by atomic mass is 10.0. The van der Waals surface area contributed by atoms with Crippen molar-refractivity contribution in [3.8, 4) is 0 Å². The van der Waals surface area contributed by atoms with Crippen molar-refractivity contribution in [2.45, 2.75) is 31.7 Å². The van der Waals surface area contributed by atoms with Crippen molar-refractivity contribution >= 4 is 22.7 Å². The van der Waals surface area contributed by atoms with Crippen LogP contribution >= 0.6 is 0 Å². The van der Waals surface area contributed by atoms with Crippen molar-refractivity contribution in [2.75, 3.05) is 6.54 Å². The van der Waals surface area contributed by atoms with E-state index in [4.69, 9.17) is 4.98 Å². The molecule has 27 heavy (non-hydrogen) atoms. The number of hydrogen-bond acceptors (Lipinski definition) is 4. The molecule has 1 aromatic carbocycles. The Morgan fingerprint density at radius 3 is 3.04 bits per heavy atom. The summed E-state index contributed by atoms with van der Waals surface area (Å²) in [6.45, 7) is 1.27. The lowest BCUT2D eigenvalue weighted by Crippen LogP contribution is -2.27. The summed E-state index contributed by atoms with van der Waals surface area (Å²) in [5.74, 6) is 1.36. The number of hydrogen-bond donors (Lipinski definition) is 1. The van der Waals surface area contributed by atoms with Crippen LogP contribution in [-0.4, -0.2) is 32.8 Å². The number of ketones is 1. The third-order valence-electron chi connectivity index (χ3n) is 5.55. The minimum Gasteiger partial charge on any atom is -0.356 e. The van der Waals surface area contributed by atoms with E-state index in [2.05, 4.69) is 14.9 Å². The number of carbonyl (C=O) groups is 2. The van der Waals surface area contributed by atoms with Gasteiger partial charge in [0, 0.05) is 49.3 Å². The number of benzene rings is 1. The third kappa shape index (κ3) is 2.81. The van der Waals surface area contributed by atoms with Crippen molar-refractivity contribution < 1.29 is 9.59 Å². The van der Waals surface area contributed by atoms with E-state index in [-0.39, 0.29) is 23.5 Å². The molecular weight excluding hydrogens is 340 g/mol. The van der Waals surface area contributed by atoms with Crippen LogP contribution in [0.15, 0.2) is 42.7 Å². The molecule has 1 saturated carbocycles. The van der Waals surface area contributed by atoms with E-state index in [1.165, 1.54) is 0 Å². The Bertz CT molecular complexity index is 1040. The van der Waals surface area contributed by atoms with E-state index in [1.54, 1.807) is 6.20 Å². The van der Waals surface area contributed by atoms with Gasteiger partial charge in [0.2, 0.25) is 5.91 Å². The number of para-hydroxylation sites is 1. The molecule has 136 valence electrons. The minimum absolute atomic E-state index is 0.0203. The molecule has 0 radical (unpaired) electrons. The van der Waals surface area contributed by atoms with Crippen LogP contribution in [0.1, 0.15) is 40.5 Å². The third-order valence-corrected chi connectivity index (χ3v) is 5.55. The molecule has 0 spiro atoms. The maximum absolute atomic E-state index is 12.5. The number of rotatable bonds is 5. The summed E-state index contributed by atoms with van der Waals surface area (Å²) in [6.07, 6.45) is 5.68. The Morgan fingerprint density at radius 1 is 1.26 bits per heavy atom. The Labute approximate surface area is 156 Å². The van der Waals surface area contributed by atoms with Crippen LogP contribution in [0.2, 0.25) is 0 Å². The molecule has 5 rings (SSSR count). The zero-order valence-corrected chi connectivity index (χ0v) is 14.9. The number of imidazole rings is 1. The molecule has 1 amide bonds. The van der Waals surface area contributed by atoms with Gasteiger partial charge in [0.1, 0.15) is 5.82 Å². The number of aryl methyl sites for hydroxylation is 1. The van der Waals surface area contributed by atoms with Gasteiger partial charge in [-0.25, -0.2) is 4.98 Å². The van der Waals surface area contributed by atoms with E-state index in [0.717, 1.165) is 40.8 Å². The first kappa shape index (κ1) is 16.2. The van der Waals surface area contributed by atoms with Crippen molar-refractivity contribution in [3.05, 3.63) is 59.7 Å². The summed E-state index contributed by atoms with van der Waals surface area (Å²) in [6, 6.07) is 9.63. The smallest absolute Gasteiger partial charge is 0.223 e. The Balaban J connectivity index is 1.29. The van der Waals surface area contributed by atoms with Gasteiger partial charge in [0.05, 0.1) is 11.0 Å². The van der Waals surface area contributed by atoms with Gasteiger partial charge in [-0.15, -0.1) is 0 Å². The van der Waals surface area contributed by atoms with Crippen molar-refractivity contribution in [1.29, 1.82) is 0 Å². The molecule has 3 heterocycles. The number of pyridine rings is 1. The lowest BCUT2D eigenvalue weighted by molar-refractivity contribution is -0.122. The van der Waals surface area contributed by atoms with Crippen LogP contribution in [0, 0.1) is 5.92 Å². The standard InChI is InChI=1S/C21H20N4O2/c26-18-7-10-25-19-14(18)4-1-5-17(19)24-20(25)15-11-16(15)21(27)23-9-6-13-3-2-8-22-12-13/h1-5,8,12,15-16H,6-7,9-11H2,(H,23,27). The molecular formula is C21H20N4O2. The van der Waals surface area contributed by atoms with Gasteiger partial charge in [-0.2, -0.15) is 0 Å². The first-order chi connectivity index (χ1) is 13.2. The highest BCUT2D eigenvalue weighted by Crippen LogP contribution is 2.48. The number of nitrogens with zero attached hydrogens (tertiary/aromatic N) is 3. The van der Waals surface area contributed by atoms with Crippen LogP contribution in [0.4, 0.5) is 0 Å². The fourth-order valence-corrected chi connectivity index (χ4v) is 4.06. The largest absolute Gasteiger partial charge is 0.356 e. The van der Waals surface area contributed by atoms with Gasteiger partial charge < -0.3 is 9.88 Å². The number of amides is 1. The van der Waals surface area contributed by atoms with Crippen molar-refractivity contribution in [3.63, 3.8) is 0 Å². The monoisotopic (exact) mass is 360 g/mol. The number of aromatic nitrogens is 3. The molecule has 6 heteroatoms. The average Bonchev–Trinajstić information content (AvgIpc) is 3.41. The van der Waals surface area contributed by atoms with E-state index in [0.29, 0.717) is 19.5 Å². The second-order valence-electron chi connectivity index (χ2n) is 7.32. The zero-order valence-electron chi connectivity index (χ0n) is 14.9. The molecule has 1 aliphatic carbocycles. The van der Waals surface area contributed by atoms with Crippen molar-refractivity contribution in [1.82, 2.24) is 19.9 Å². The maximum Gasteiger partial charge on any atom is 0.223 e. The fraction of sp³-hybridized carbons (Fsp3) is 0.333. The molecule has 6 nitrogen and oxygen atoms in total. The van der Waals surface area contributed by atoms with Gasteiger partial charge in [-0.05, 0) is 36.6 Å². The van der Waals surface area contributed by atoms with Gasteiger partial charge in [-0.1, -0.05) is 12.1 Å². The quantitative estimate of drug-likeness (QED) is 0.758. The molecule has 0 bridgehead atoms. The summed E-state index contributed by atoms with van der Waals surface area (Å²) in [5.41, 5.74) is 3.67. The van der Waals surface area contributed by atoms with Crippen LogP contribution in [0.25, 0.3) is 11.0 Å². The molecule has 0 saturated heterocycles. The van der Waals surface area contributed by atoms with Crippen LogP contribution < -0.4 is 5.32 Å². The highest BCUT2D eigenvalue weighted by atomic mass is 16.2. The summed E-state index contributed by atoms with van der Waals surface area (Å²) in [7, 11) is 0. The highest BCUT2D eigenvalue weighted by molar-refractivity contribution is 6.07. The first-order valence-corrected chi connectivity index (χ1v) is 9.41.